The van der Waals surface area contributed by atoms with E-state index in [1.807, 2.05) is 24.3 Å². The Labute approximate surface area is 127 Å². The van der Waals surface area contributed by atoms with Gasteiger partial charge in [0.25, 0.3) is 5.91 Å². The van der Waals surface area contributed by atoms with Crippen LogP contribution in [0.2, 0.25) is 0 Å². The van der Waals surface area contributed by atoms with Crippen LogP contribution in [0.3, 0.4) is 0 Å². The van der Waals surface area contributed by atoms with Gasteiger partial charge in [-0.05, 0) is 57.5 Å². The van der Waals surface area contributed by atoms with Crippen molar-refractivity contribution in [2.24, 2.45) is 5.73 Å². The lowest BCUT2D eigenvalue weighted by atomic mass is 10.0. The standard InChI is InChI=1S/C17H27N3O/c1-14(13-20-11-5-2-6-12-20)19-17(21)16-8-4-3-7-15(16)9-10-18/h3-4,7-8,14H,2,5-6,9-13,18H2,1H3,(H,19,21). The van der Waals surface area contributed by atoms with Crippen LogP contribution in [0.5, 0.6) is 0 Å². The molecule has 0 aliphatic carbocycles. The molecular weight excluding hydrogens is 262 g/mol. The van der Waals surface area contributed by atoms with Crippen LogP contribution in [0.25, 0.3) is 0 Å². The third-order valence-corrected chi connectivity index (χ3v) is 4.03. The molecule has 1 aromatic rings. The second-order valence-corrected chi connectivity index (χ2v) is 5.93. The predicted octanol–water partition coefficient (Wildman–Crippen LogP) is 1.79. The summed E-state index contributed by atoms with van der Waals surface area (Å²) in [5, 5.41) is 3.12. The first-order valence-electron chi connectivity index (χ1n) is 8.02. The third kappa shape index (κ3) is 4.83. The number of amides is 1. The second kappa shape index (κ2) is 8.15. The first kappa shape index (κ1) is 16.0. The van der Waals surface area contributed by atoms with Gasteiger partial charge in [0.05, 0.1) is 0 Å². The molecule has 21 heavy (non-hydrogen) atoms. The van der Waals surface area contributed by atoms with Gasteiger partial charge >= 0.3 is 0 Å². The third-order valence-electron chi connectivity index (χ3n) is 4.03. The van der Waals surface area contributed by atoms with Crippen LogP contribution in [0.15, 0.2) is 24.3 Å². The average Bonchev–Trinajstić information content (AvgIpc) is 2.49. The highest BCUT2D eigenvalue weighted by Gasteiger charge is 2.16. The topological polar surface area (TPSA) is 58.4 Å². The fraction of sp³-hybridized carbons (Fsp3) is 0.588. The summed E-state index contributed by atoms with van der Waals surface area (Å²) in [6.07, 6.45) is 4.63. The lowest BCUT2D eigenvalue weighted by Crippen LogP contribution is -2.43. The van der Waals surface area contributed by atoms with Crippen LogP contribution in [0.4, 0.5) is 0 Å². The molecule has 1 aliphatic rings. The monoisotopic (exact) mass is 289 g/mol. The minimum absolute atomic E-state index is 0.0172. The van der Waals surface area contributed by atoms with E-state index < -0.39 is 0 Å². The number of carbonyl (C=O) groups is 1. The number of nitrogens with one attached hydrogen (secondary N) is 1. The van der Waals surface area contributed by atoms with Crippen LogP contribution < -0.4 is 11.1 Å². The number of likely N-dealkylation sites (tertiary alicyclic amines) is 1. The summed E-state index contributed by atoms with van der Waals surface area (Å²) < 4.78 is 0. The Kier molecular flexibility index (Phi) is 6.21. The minimum Gasteiger partial charge on any atom is -0.348 e. The van der Waals surface area contributed by atoms with Crippen molar-refractivity contribution >= 4 is 5.91 Å². The molecule has 2 rings (SSSR count). The lowest BCUT2D eigenvalue weighted by molar-refractivity contribution is 0.0924. The number of hydrogen-bond acceptors (Lipinski definition) is 3. The molecule has 1 heterocycles. The van der Waals surface area contributed by atoms with Crippen LogP contribution >= 0.6 is 0 Å². The molecule has 4 nitrogen and oxygen atoms in total. The summed E-state index contributed by atoms with van der Waals surface area (Å²) in [5.74, 6) is 0.0172. The Morgan fingerprint density at radius 1 is 1.29 bits per heavy atom. The Morgan fingerprint density at radius 2 is 2.00 bits per heavy atom. The van der Waals surface area contributed by atoms with Crippen molar-refractivity contribution in [1.82, 2.24) is 10.2 Å². The van der Waals surface area contributed by atoms with Gasteiger partial charge in [0, 0.05) is 18.2 Å². The second-order valence-electron chi connectivity index (χ2n) is 5.93. The van der Waals surface area contributed by atoms with E-state index in [1.165, 1.54) is 19.3 Å². The fourth-order valence-electron chi connectivity index (χ4n) is 2.99. The molecule has 1 atom stereocenters. The molecular formula is C17H27N3O. The summed E-state index contributed by atoms with van der Waals surface area (Å²) in [7, 11) is 0. The Balaban J connectivity index is 1.91. The van der Waals surface area contributed by atoms with Crippen molar-refractivity contribution in [3.8, 4) is 0 Å². The molecule has 1 amide bonds. The Bertz CT molecular complexity index is 455. The molecule has 1 saturated heterocycles. The maximum absolute atomic E-state index is 12.4. The molecule has 0 aromatic heterocycles. The molecule has 1 aliphatic heterocycles. The molecule has 0 saturated carbocycles. The molecule has 4 heteroatoms. The highest BCUT2D eigenvalue weighted by molar-refractivity contribution is 5.95. The normalized spacial score (nSPS) is 17.4. The van der Waals surface area contributed by atoms with Crippen molar-refractivity contribution in [2.75, 3.05) is 26.2 Å². The number of piperidine rings is 1. The molecule has 1 unspecified atom stereocenters. The highest BCUT2D eigenvalue weighted by Crippen LogP contribution is 2.11. The van der Waals surface area contributed by atoms with Crippen molar-refractivity contribution < 1.29 is 4.79 Å². The predicted molar refractivity (Wildman–Crippen MR) is 86.4 cm³/mol. The van der Waals surface area contributed by atoms with Crippen LogP contribution in [-0.2, 0) is 6.42 Å². The fourth-order valence-corrected chi connectivity index (χ4v) is 2.99. The molecule has 0 bridgehead atoms. The maximum Gasteiger partial charge on any atom is 0.251 e. The van der Waals surface area contributed by atoms with E-state index in [2.05, 4.69) is 17.1 Å². The maximum atomic E-state index is 12.4. The molecule has 1 aromatic carbocycles. The van der Waals surface area contributed by atoms with Gasteiger partial charge in [-0.15, -0.1) is 0 Å². The minimum atomic E-state index is 0.0172. The Morgan fingerprint density at radius 3 is 2.71 bits per heavy atom. The summed E-state index contributed by atoms with van der Waals surface area (Å²) in [5.41, 5.74) is 7.40. The number of benzene rings is 1. The van der Waals surface area contributed by atoms with Gasteiger partial charge in [-0.1, -0.05) is 24.6 Å². The van der Waals surface area contributed by atoms with Gasteiger partial charge in [-0.3, -0.25) is 4.79 Å². The zero-order valence-corrected chi connectivity index (χ0v) is 13.0. The van der Waals surface area contributed by atoms with E-state index in [9.17, 15) is 4.79 Å². The van der Waals surface area contributed by atoms with E-state index in [4.69, 9.17) is 5.73 Å². The smallest absolute Gasteiger partial charge is 0.251 e. The number of nitrogens with two attached hydrogens (primary N) is 1. The summed E-state index contributed by atoms with van der Waals surface area (Å²) >= 11 is 0. The number of nitrogens with zero attached hydrogens (tertiary/aromatic N) is 1. The molecule has 1 fully saturated rings. The van der Waals surface area contributed by atoms with Crippen molar-refractivity contribution in [3.63, 3.8) is 0 Å². The largest absolute Gasteiger partial charge is 0.348 e. The van der Waals surface area contributed by atoms with Crippen molar-refractivity contribution in [1.29, 1.82) is 0 Å². The van der Waals surface area contributed by atoms with E-state index in [0.717, 1.165) is 37.2 Å². The van der Waals surface area contributed by atoms with E-state index in [-0.39, 0.29) is 11.9 Å². The van der Waals surface area contributed by atoms with Crippen molar-refractivity contribution in [3.05, 3.63) is 35.4 Å². The van der Waals surface area contributed by atoms with Gasteiger partial charge in [0.1, 0.15) is 0 Å². The van der Waals surface area contributed by atoms with E-state index in [1.54, 1.807) is 0 Å². The first-order valence-corrected chi connectivity index (χ1v) is 8.02. The van der Waals surface area contributed by atoms with Crippen LogP contribution in [0.1, 0.15) is 42.1 Å². The van der Waals surface area contributed by atoms with E-state index >= 15 is 0 Å². The van der Waals surface area contributed by atoms with Gasteiger partial charge in [-0.2, -0.15) is 0 Å². The van der Waals surface area contributed by atoms with Gasteiger partial charge in [0.2, 0.25) is 0 Å². The van der Waals surface area contributed by atoms with E-state index in [0.29, 0.717) is 6.54 Å². The molecule has 3 N–H and O–H groups in total. The lowest BCUT2D eigenvalue weighted by Gasteiger charge is -2.29. The highest BCUT2D eigenvalue weighted by atomic mass is 16.1. The number of hydrogen-bond donors (Lipinski definition) is 2. The Hall–Kier alpha value is -1.39. The zero-order valence-electron chi connectivity index (χ0n) is 13.0. The first-order chi connectivity index (χ1) is 10.2. The SMILES string of the molecule is CC(CN1CCCCC1)NC(=O)c1ccccc1CCN. The van der Waals surface area contributed by atoms with Crippen LogP contribution in [-0.4, -0.2) is 43.0 Å². The van der Waals surface area contributed by atoms with Crippen LogP contribution in [0, 0.1) is 0 Å². The van der Waals surface area contributed by atoms with Gasteiger partial charge in [-0.25, -0.2) is 0 Å². The van der Waals surface area contributed by atoms with Gasteiger partial charge in [0.15, 0.2) is 0 Å². The average molecular weight is 289 g/mol. The molecule has 0 radical (unpaired) electrons. The quantitative estimate of drug-likeness (QED) is 0.839. The zero-order chi connectivity index (χ0) is 15.1. The van der Waals surface area contributed by atoms with Crippen molar-refractivity contribution in [2.45, 2.75) is 38.6 Å². The van der Waals surface area contributed by atoms with Gasteiger partial charge < -0.3 is 16.0 Å². The molecule has 116 valence electrons. The summed E-state index contributed by atoms with van der Waals surface area (Å²) in [4.78, 5) is 14.9. The summed E-state index contributed by atoms with van der Waals surface area (Å²) in [6.45, 7) is 5.89. The number of rotatable bonds is 6. The summed E-state index contributed by atoms with van der Waals surface area (Å²) in [6, 6.07) is 7.90. The molecule has 0 spiro atoms. The number of carbonyl (C=O) groups excluding carboxylic acids is 1.